The Morgan fingerprint density at radius 1 is 1.17 bits per heavy atom. The molecule has 2 aromatic rings. The Morgan fingerprint density at radius 2 is 1.96 bits per heavy atom. The molecule has 0 saturated carbocycles. The average molecular weight is 329 g/mol. The van der Waals surface area contributed by atoms with E-state index in [-0.39, 0.29) is 11.5 Å². The van der Waals surface area contributed by atoms with Gasteiger partial charge in [-0.25, -0.2) is 0 Å². The lowest BCUT2D eigenvalue weighted by Gasteiger charge is -2.38. The molecule has 24 heavy (non-hydrogen) atoms. The smallest absolute Gasteiger partial charge is 0.324 e. The fourth-order valence-corrected chi connectivity index (χ4v) is 3.34. The molecule has 0 N–H and O–H groups in total. The number of hydrogen-bond donors (Lipinski definition) is 0. The monoisotopic (exact) mass is 329 g/mol. The Labute approximate surface area is 141 Å². The molecule has 0 unspecified atom stereocenters. The predicted octanol–water partition coefficient (Wildman–Crippen LogP) is 3.14. The second-order valence-electron chi connectivity index (χ2n) is 6.95. The summed E-state index contributed by atoms with van der Waals surface area (Å²) in [4.78, 5) is 6.74. The van der Waals surface area contributed by atoms with Gasteiger partial charge >= 0.3 is 6.01 Å². The lowest BCUT2D eigenvalue weighted by molar-refractivity contribution is -0.0394. The van der Waals surface area contributed by atoms with Crippen molar-refractivity contribution in [3.05, 3.63) is 35.7 Å². The zero-order valence-electron chi connectivity index (χ0n) is 14.2. The number of ether oxygens (including phenoxy) is 2. The van der Waals surface area contributed by atoms with Crippen molar-refractivity contribution in [3.63, 3.8) is 0 Å². The van der Waals surface area contributed by atoms with Crippen molar-refractivity contribution < 1.29 is 14.0 Å². The summed E-state index contributed by atoms with van der Waals surface area (Å²) < 4.78 is 17.6. The second-order valence-corrected chi connectivity index (χ2v) is 6.95. The molecule has 4 rings (SSSR count). The summed E-state index contributed by atoms with van der Waals surface area (Å²) in [5.74, 6) is 1.94. The molecule has 0 amide bonds. The lowest BCUT2D eigenvalue weighted by Crippen LogP contribution is -2.49. The van der Waals surface area contributed by atoms with Crippen LogP contribution in [-0.2, 0) is 11.3 Å². The minimum Gasteiger partial charge on any atom is -0.485 e. The van der Waals surface area contributed by atoms with E-state index in [1.165, 1.54) is 0 Å². The number of hydrogen-bond acceptors (Lipinski definition) is 6. The number of benzene rings is 1. The average Bonchev–Trinajstić information content (AvgIpc) is 3.01. The highest BCUT2D eigenvalue weighted by atomic mass is 16.5. The van der Waals surface area contributed by atoms with Gasteiger partial charge in [0, 0.05) is 24.3 Å². The van der Waals surface area contributed by atoms with Gasteiger partial charge in [0.15, 0.2) is 5.82 Å². The van der Waals surface area contributed by atoms with Gasteiger partial charge in [-0.1, -0.05) is 37.2 Å². The maximum absolute atomic E-state index is 6.48. The molecular weight excluding hydrogens is 306 g/mol. The molecule has 0 bridgehead atoms. The van der Waals surface area contributed by atoms with Crippen LogP contribution >= 0.6 is 0 Å². The maximum Gasteiger partial charge on any atom is 0.324 e. The van der Waals surface area contributed by atoms with Crippen LogP contribution in [0.3, 0.4) is 0 Å². The van der Waals surface area contributed by atoms with Crippen LogP contribution < -0.4 is 9.64 Å². The molecule has 1 aromatic heterocycles. The third kappa shape index (κ3) is 2.86. The first-order valence-electron chi connectivity index (χ1n) is 8.58. The molecule has 2 aliphatic heterocycles. The van der Waals surface area contributed by atoms with Gasteiger partial charge in [-0.15, -0.1) is 0 Å². The van der Waals surface area contributed by atoms with Crippen molar-refractivity contribution in [3.8, 4) is 5.75 Å². The first-order valence-corrected chi connectivity index (χ1v) is 8.58. The van der Waals surface area contributed by atoms with Gasteiger partial charge in [0.1, 0.15) is 11.4 Å². The van der Waals surface area contributed by atoms with E-state index in [0.717, 1.165) is 49.7 Å². The molecule has 6 heteroatoms. The number of rotatable bonds is 2. The van der Waals surface area contributed by atoms with Gasteiger partial charge in [0.2, 0.25) is 0 Å². The highest BCUT2D eigenvalue weighted by molar-refractivity contribution is 5.41. The summed E-state index contributed by atoms with van der Waals surface area (Å²) >= 11 is 0. The van der Waals surface area contributed by atoms with E-state index in [1.807, 2.05) is 18.2 Å². The van der Waals surface area contributed by atoms with Crippen LogP contribution in [0.1, 0.15) is 44.0 Å². The molecule has 0 atom stereocenters. The van der Waals surface area contributed by atoms with Crippen molar-refractivity contribution in [1.29, 1.82) is 0 Å². The van der Waals surface area contributed by atoms with Crippen molar-refractivity contribution in [1.82, 2.24) is 10.1 Å². The van der Waals surface area contributed by atoms with Crippen molar-refractivity contribution in [2.75, 3.05) is 24.7 Å². The predicted molar refractivity (Wildman–Crippen MR) is 89.3 cm³/mol. The Hall–Kier alpha value is -2.08. The van der Waals surface area contributed by atoms with E-state index in [0.29, 0.717) is 12.6 Å². The Kier molecular flexibility index (Phi) is 3.92. The van der Waals surface area contributed by atoms with Gasteiger partial charge in [-0.2, -0.15) is 4.98 Å². The van der Waals surface area contributed by atoms with Crippen LogP contribution in [-0.4, -0.2) is 35.5 Å². The van der Waals surface area contributed by atoms with Gasteiger partial charge in [-0.3, -0.25) is 0 Å². The van der Waals surface area contributed by atoms with E-state index in [4.69, 9.17) is 14.0 Å². The highest BCUT2D eigenvalue weighted by Crippen LogP contribution is 2.36. The summed E-state index contributed by atoms with van der Waals surface area (Å²) in [6, 6.07) is 8.77. The SMILES string of the molecule is CC(C)c1noc(N2Cc3ccccc3OC3(CCOCC3)C2)n1. The molecule has 3 heterocycles. The largest absolute Gasteiger partial charge is 0.485 e. The molecule has 1 saturated heterocycles. The zero-order chi connectivity index (χ0) is 16.6. The molecule has 0 radical (unpaired) electrons. The van der Waals surface area contributed by atoms with Crippen molar-refractivity contribution in [2.24, 2.45) is 0 Å². The first-order chi connectivity index (χ1) is 11.7. The molecule has 0 aliphatic carbocycles. The lowest BCUT2D eigenvalue weighted by atomic mass is 9.93. The number of aromatic nitrogens is 2. The Bertz CT molecular complexity index is 707. The van der Waals surface area contributed by atoms with E-state index < -0.39 is 0 Å². The summed E-state index contributed by atoms with van der Waals surface area (Å²) in [5.41, 5.74) is 0.877. The maximum atomic E-state index is 6.48. The summed E-state index contributed by atoms with van der Waals surface area (Å²) in [7, 11) is 0. The van der Waals surface area contributed by atoms with E-state index in [9.17, 15) is 0 Å². The van der Waals surface area contributed by atoms with E-state index in [2.05, 4.69) is 35.0 Å². The van der Waals surface area contributed by atoms with Gasteiger partial charge in [-0.05, 0) is 6.07 Å². The van der Waals surface area contributed by atoms with Crippen LogP contribution in [0.15, 0.2) is 28.8 Å². The molecule has 1 spiro atoms. The highest BCUT2D eigenvalue weighted by Gasteiger charge is 2.40. The molecule has 2 aliphatic rings. The minimum absolute atomic E-state index is 0.245. The van der Waals surface area contributed by atoms with E-state index in [1.54, 1.807) is 0 Å². The fourth-order valence-electron chi connectivity index (χ4n) is 3.34. The van der Waals surface area contributed by atoms with Gasteiger partial charge in [0.05, 0.1) is 26.3 Å². The second kappa shape index (κ2) is 6.09. The normalized spacial score (nSPS) is 19.9. The van der Waals surface area contributed by atoms with Gasteiger partial charge < -0.3 is 18.9 Å². The summed E-state index contributed by atoms with van der Waals surface area (Å²) in [6.07, 6.45) is 1.73. The summed E-state index contributed by atoms with van der Waals surface area (Å²) in [5, 5.41) is 4.12. The zero-order valence-corrected chi connectivity index (χ0v) is 14.2. The van der Waals surface area contributed by atoms with Crippen LogP contribution in [0.4, 0.5) is 6.01 Å². The molecule has 6 nitrogen and oxygen atoms in total. The topological polar surface area (TPSA) is 60.6 Å². The molecule has 1 fully saturated rings. The van der Waals surface area contributed by atoms with Crippen molar-refractivity contribution >= 4 is 6.01 Å². The van der Waals surface area contributed by atoms with Crippen molar-refractivity contribution in [2.45, 2.75) is 44.8 Å². The quantitative estimate of drug-likeness (QED) is 0.843. The fraction of sp³-hybridized carbons (Fsp3) is 0.556. The molecule has 128 valence electrons. The minimum atomic E-state index is -0.267. The number of anilines is 1. The number of fused-ring (bicyclic) bond motifs is 1. The van der Waals surface area contributed by atoms with Crippen LogP contribution in [0.25, 0.3) is 0 Å². The standard InChI is InChI=1S/C18H23N3O3/c1-13(2)16-19-17(24-20-16)21-11-14-5-3-4-6-15(14)23-18(12-21)7-9-22-10-8-18/h3-6,13H,7-12H2,1-2H3. The molecular formula is C18H23N3O3. The summed E-state index contributed by atoms with van der Waals surface area (Å²) in [6.45, 7) is 7.00. The van der Waals surface area contributed by atoms with Crippen LogP contribution in [0.5, 0.6) is 5.75 Å². The van der Waals surface area contributed by atoms with E-state index >= 15 is 0 Å². The third-order valence-corrected chi connectivity index (χ3v) is 4.76. The Balaban J connectivity index is 1.70. The van der Waals surface area contributed by atoms with Gasteiger partial charge in [0.25, 0.3) is 0 Å². The number of nitrogens with zero attached hydrogens (tertiary/aromatic N) is 3. The Morgan fingerprint density at radius 3 is 2.71 bits per heavy atom. The third-order valence-electron chi connectivity index (χ3n) is 4.76. The number of para-hydroxylation sites is 1. The first kappa shape index (κ1) is 15.4. The van der Waals surface area contributed by atoms with Crippen LogP contribution in [0.2, 0.25) is 0 Å². The molecule has 1 aromatic carbocycles. The van der Waals surface area contributed by atoms with Crippen LogP contribution in [0, 0.1) is 0 Å².